The Morgan fingerprint density at radius 1 is 1.39 bits per heavy atom. The van der Waals surface area contributed by atoms with Crippen LogP contribution in [0.2, 0.25) is 0 Å². The number of hydrogen-bond donors (Lipinski definition) is 3. The first kappa shape index (κ1) is 14.9. The Bertz CT molecular complexity index is 404. The highest BCUT2D eigenvalue weighted by atomic mass is 32.2. The SMILES string of the molecule is O=C(NCC(O)CO)c1ccccc1SC(F)F. The minimum absolute atomic E-state index is 0.118. The summed E-state index contributed by atoms with van der Waals surface area (Å²) in [6, 6.07) is 5.97. The van der Waals surface area contributed by atoms with Gasteiger partial charge >= 0.3 is 0 Å². The van der Waals surface area contributed by atoms with Crippen molar-refractivity contribution in [2.24, 2.45) is 0 Å². The fourth-order valence-electron chi connectivity index (χ4n) is 1.22. The summed E-state index contributed by atoms with van der Waals surface area (Å²) in [6.07, 6.45) is -1.07. The van der Waals surface area contributed by atoms with Gasteiger partial charge in [-0.1, -0.05) is 23.9 Å². The Morgan fingerprint density at radius 3 is 2.67 bits per heavy atom. The van der Waals surface area contributed by atoms with E-state index in [4.69, 9.17) is 10.2 Å². The van der Waals surface area contributed by atoms with Gasteiger partial charge < -0.3 is 15.5 Å². The molecule has 0 aromatic heterocycles. The number of carbonyl (C=O) groups excluding carboxylic acids is 1. The van der Waals surface area contributed by atoms with Crippen LogP contribution >= 0.6 is 11.8 Å². The Balaban J connectivity index is 2.72. The second-order valence-electron chi connectivity index (χ2n) is 3.42. The monoisotopic (exact) mass is 277 g/mol. The lowest BCUT2D eigenvalue weighted by Crippen LogP contribution is -2.34. The standard InChI is InChI=1S/C11H13F2NO3S/c12-11(13)18-9-4-2-1-3-8(9)10(17)14-5-7(16)6-15/h1-4,7,11,15-16H,5-6H2,(H,14,17). The molecule has 0 saturated carbocycles. The third-order valence-electron chi connectivity index (χ3n) is 2.06. The molecule has 7 heteroatoms. The summed E-state index contributed by atoms with van der Waals surface area (Å²) in [5, 5.41) is 20.0. The quantitative estimate of drug-likeness (QED) is 0.681. The van der Waals surface area contributed by atoms with Crippen LogP contribution in [-0.4, -0.2) is 41.1 Å². The highest BCUT2D eigenvalue weighted by molar-refractivity contribution is 7.99. The first-order valence-electron chi connectivity index (χ1n) is 5.15. The van der Waals surface area contributed by atoms with Gasteiger partial charge in [-0.15, -0.1) is 0 Å². The van der Waals surface area contributed by atoms with Crippen molar-refractivity contribution < 1.29 is 23.8 Å². The van der Waals surface area contributed by atoms with E-state index in [9.17, 15) is 13.6 Å². The van der Waals surface area contributed by atoms with E-state index in [1.54, 1.807) is 12.1 Å². The van der Waals surface area contributed by atoms with Gasteiger partial charge in [0.1, 0.15) is 0 Å². The zero-order chi connectivity index (χ0) is 13.5. The molecule has 0 heterocycles. The number of nitrogens with one attached hydrogen (secondary N) is 1. The zero-order valence-electron chi connectivity index (χ0n) is 9.35. The molecule has 4 nitrogen and oxygen atoms in total. The summed E-state index contributed by atoms with van der Waals surface area (Å²) in [6.45, 7) is -0.614. The first-order valence-corrected chi connectivity index (χ1v) is 6.03. The maximum Gasteiger partial charge on any atom is 0.288 e. The molecule has 0 bridgehead atoms. The first-order chi connectivity index (χ1) is 8.54. The van der Waals surface area contributed by atoms with Crippen LogP contribution in [0.3, 0.4) is 0 Å². The van der Waals surface area contributed by atoms with Crippen molar-refractivity contribution in [2.45, 2.75) is 16.8 Å². The third-order valence-corrected chi connectivity index (χ3v) is 2.84. The predicted molar refractivity (Wildman–Crippen MR) is 63.7 cm³/mol. The van der Waals surface area contributed by atoms with Crippen molar-refractivity contribution in [3.63, 3.8) is 0 Å². The van der Waals surface area contributed by atoms with Crippen LogP contribution in [0, 0.1) is 0 Å². The summed E-state index contributed by atoms with van der Waals surface area (Å²) in [5.41, 5.74) is 0.118. The van der Waals surface area contributed by atoms with Crippen LogP contribution in [0.4, 0.5) is 8.78 Å². The minimum Gasteiger partial charge on any atom is -0.394 e. The number of halogens is 2. The van der Waals surface area contributed by atoms with E-state index in [0.717, 1.165) is 0 Å². The summed E-state index contributed by atoms with van der Waals surface area (Å²) in [7, 11) is 0. The van der Waals surface area contributed by atoms with Crippen LogP contribution in [0.25, 0.3) is 0 Å². The van der Waals surface area contributed by atoms with Gasteiger partial charge in [-0.05, 0) is 12.1 Å². The van der Waals surface area contributed by atoms with Crippen LogP contribution < -0.4 is 5.32 Å². The number of hydrogen-bond acceptors (Lipinski definition) is 4. The lowest BCUT2D eigenvalue weighted by molar-refractivity contribution is 0.0800. The molecule has 100 valence electrons. The van der Waals surface area contributed by atoms with Gasteiger partial charge in [0, 0.05) is 11.4 Å². The Labute approximate surface area is 107 Å². The summed E-state index contributed by atoms with van der Waals surface area (Å²) in [4.78, 5) is 11.9. The number of benzene rings is 1. The van der Waals surface area contributed by atoms with Crippen molar-refractivity contribution in [3.8, 4) is 0 Å². The third kappa shape index (κ3) is 4.59. The molecule has 0 aliphatic heterocycles. The highest BCUT2D eigenvalue weighted by Gasteiger charge is 2.15. The van der Waals surface area contributed by atoms with E-state index in [1.807, 2.05) is 0 Å². The van der Waals surface area contributed by atoms with E-state index < -0.39 is 24.4 Å². The van der Waals surface area contributed by atoms with Crippen LogP contribution in [0.1, 0.15) is 10.4 Å². The predicted octanol–water partition coefficient (Wildman–Crippen LogP) is 1.08. The topological polar surface area (TPSA) is 69.6 Å². The molecule has 1 amide bonds. The van der Waals surface area contributed by atoms with Gasteiger partial charge in [0.05, 0.1) is 18.3 Å². The summed E-state index contributed by atoms with van der Waals surface area (Å²) >= 11 is 0.287. The lowest BCUT2D eigenvalue weighted by atomic mass is 10.2. The number of amides is 1. The van der Waals surface area contributed by atoms with Crippen molar-refractivity contribution in [3.05, 3.63) is 29.8 Å². The summed E-state index contributed by atoms with van der Waals surface area (Å²) < 4.78 is 24.6. The van der Waals surface area contributed by atoms with Gasteiger partial charge in [-0.25, -0.2) is 0 Å². The van der Waals surface area contributed by atoms with Crippen molar-refractivity contribution in [1.82, 2.24) is 5.32 Å². The molecule has 0 aliphatic rings. The molecular weight excluding hydrogens is 264 g/mol. The van der Waals surface area contributed by atoms with Crippen LogP contribution in [-0.2, 0) is 0 Å². The Morgan fingerprint density at radius 2 is 2.06 bits per heavy atom. The van der Waals surface area contributed by atoms with E-state index in [1.165, 1.54) is 12.1 Å². The van der Waals surface area contributed by atoms with Gasteiger partial charge in [-0.2, -0.15) is 8.78 Å². The highest BCUT2D eigenvalue weighted by Crippen LogP contribution is 2.28. The van der Waals surface area contributed by atoms with E-state index in [0.29, 0.717) is 0 Å². The number of carbonyl (C=O) groups is 1. The zero-order valence-corrected chi connectivity index (χ0v) is 10.2. The minimum atomic E-state index is -2.61. The van der Waals surface area contributed by atoms with E-state index in [2.05, 4.69) is 5.32 Å². The average molecular weight is 277 g/mol. The van der Waals surface area contributed by atoms with Crippen molar-refractivity contribution in [2.75, 3.05) is 13.2 Å². The second kappa shape index (κ2) is 7.30. The molecule has 1 aromatic rings. The van der Waals surface area contributed by atoms with Crippen LogP contribution in [0.15, 0.2) is 29.2 Å². The number of thioether (sulfide) groups is 1. The number of aliphatic hydroxyl groups excluding tert-OH is 2. The molecular formula is C11H13F2NO3S. The molecule has 1 unspecified atom stereocenters. The molecule has 0 spiro atoms. The molecule has 0 saturated heterocycles. The summed E-state index contributed by atoms with van der Waals surface area (Å²) in [5.74, 6) is -3.17. The Hall–Kier alpha value is -1.18. The fraction of sp³-hybridized carbons (Fsp3) is 0.364. The van der Waals surface area contributed by atoms with Gasteiger partial charge in [0.15, 0.2) is 0 Å². The van der Waals surface area contributed by atoms with E-state index >= 15 is 0 Å². The fourth-order valence-corrected chi connectivity index (χ4v) is 1.86. The van der Waals surface area contributed by atoms with Gasteiger partial charge in [-0.3, -0.25) is 4.79 Å². The van der Waals surface area contributed by atoms with Gasteiger partial charge in [0.25, 0.3) is 11.7 Å². The molecule has 1 atom stereocenters. The molecule has 0 aliphatic carbocycles. The smallest absolute Gasteiger partial charge is 0.288 e. The largest absolute Gasteiger partial charge is 0.394 e. The number of alkyl halides is 2. The molecule has 1 rings (SSSR count). The molecule has 1 aromatic carbocycles. The molecule has 0 radical (unpaired) electrons. The molecule has 3 N–H and O–H groups in total. The maximum atomic E-state index is 12.3. The van der Waals surface area contributed by atoms with Gasteiger partial charge in [0.2, 0.25) is 0 Å². The number of aliphatic hydroxyl groups is 2. The lowest BCUT2D eigenvalue weighted by Gasteiger charge is -2.11. The second-order valence-corrected chi connectivity index (χ2v) is 4.45. The van der Waals surface area contributed by atoms with Crippen molar-refractivity contribution in [1.29, 1.82) is 0 Å². The number of rotatable bonds is 6. The Kier molecular flexibility index (Phi) is 6.03. The normalized spacial score (nSPS) is 12.5. The average Bonchev–Trinajstić information content (AvgIpc) is 2.35. The van der Waals surface area contributed by atoms with Crippen LogP contribution in [0.5, 0.6) is 0 Å². The van der Waals surface area contributed by atoms with Crippen molar-refractivity contribution >= 4 is 17.7 Å². The maximum absolute atomic E-state index is 12.3. The molecule has 0 fully saturated rings. The van der Waals surface area contributed by atoms with E-state index in [-0.39, 0.29) is 28.8 Å². The molecule has 18 heavy (non-hydrogen) atoms.